The van der Waals surface area contributed by atoms with E-state index in [-0.39, 0.29) is 16.6 Å². The van der Waals surface area contributed by atoms with E-state index in [2.05, 4.69) is 0 Å². The fourth-order valence-electron chi connectivity index (χ4n) is 3.98. The summed E-state index contributed by atoms with van der Waals surface area (Å²) in [7, 11) is -2.25. The molecule has 1 fully saturated rings. The summed E-state index contributed by atoms with van der Waals surface area (Å²) in [5, 5.41) is 0. The second kappa shape index (κ2) is 7.56. The molecule has 4 rings (SSSR count). The smallest absolute Gasteiger partial charge is 0.258 e. The van der Waals surface area contributed by atoms with E-state index < -0.39 is 10.0 Å². The van der Waals surface area contributed by atoms with E-state index in [4.69, 9.17) is 4.74 Å². The van der Waals surface area contributed by atoms with Gasteiger partial charge in [-0.25, -0.2) is 8.42 Å². The van der Waals surface area contributed by atoms with Crippen LogP contribution in [0, 0.1) is 0 Å². The van der Waals surface area contributed by atoms with E-state index in [1.807, 2.05) is 24.3 Å². The lowest BCUT2D eigenvalue weighted by Gasteiger charge is -2.29. The van der Waals surface area contributed by atoms with Crippen LogP contribution in [0.15, 0.2) is 47.4 Å². The summed E-state index contributed by atoms with van der Waals surface area (Å²) in [6.45, 7) is 1.63. The molecule has 6 nitrogen and oxygen atoms in total. The van der Waals surface area contributed by atoms with Gasteiger partial charge in [-0.2, -0.15) is 4.31 Å². The molecule has 0 N–H and O–H groups in total. The summed E-state index contributed by atoms with van der Waals surface area (Å²) < 4.78 is 32.9. The third-order valence-electron chi connectivity index (χ3n) is 5.45. The third kappa shape index (κ3) is 3.29. The van der Waals surface area contributed by atoms with Crippen molar-refractivity contribution in [3.8, 4) is 5.75 Å². The van der Waals surface area contributed by atoms with Crippen molar-refractivity contribution in [2.24, 2.45) is 0 Å². The number of ether oxygens (including phenoxy) is 1. The number of rotatable bonds is 4. The Kier molecular flexibility index (Phi) is 5.12. The number of methoxy groups -OCH3 is 1. The summed E-state index contributed by atoms with van der Waals surface area (Å²) in [6, 6.07) is 12.5. The number of nitrogens with zero attached hydrogens (tertiary/aromatic N) is 2. The van der Waals surface area contributed by atoms with Gasteiger partial charge in [-0.15, -0.1) is 0 Å². The number of hydrogen-bond donors (Lipinski definition) is 0. The van der Waals surface area contributed by atoms with Crippen molar-refractivity contribution in [2.45, 2.75) is 30.6 Å². The number of hydrogen-bond acceptors (Lipinski definition) is 4. The molecule has 1 saturated heterocycles. The Morgan fingerprint density at radius 2 is 1.75 bits per heavy atom. The van der Waals surface area contributed by atoms with Gasteiger partial charge in [0, 0.05) is 30.9 Å². The first-order valence-electron chi connectivity index (χ1n) is 9.60. The van der Waals surface area contributed by atoms with Crippen LogP contribution in [-0.2, 0) is 16.4 Å². The monoisotopic (exact) mass is 400 g/mol. The first kappa shape index (κ1) is 19.0. The maximum atomic E-state index is 13.2. The molecule has 0 aliphatic carbocycles. The SMILES string of the molecule is COc1ccc(C(=O)N2CCCc3ccccc32)cc1S(=O)(=O)N1CCCC1. The second-order valence-electron chi connectivity index (χ2n) is 7.17. The number of anilines is 1. The third-order valence-corrected chi connectivity index (χ3v) is 7.37. The Balaban J connectivity index is 1.73. The van der Waals surface area contributed by atoms with Gasteiger partial charge in [-0.1, -0.05) is 18.2 Å². The molecule has 0 saturated carbocycles. The highest BCUT2D eigenvalue weighted by Crippen LogP contribution is 2.32. The Morgan fingerprint density at radius 3 is 2.50 bits per heavy atom. The average molecular weight is 401 g/mol. The van der Waals surface area contributed by atoms with Gasteiger partial charge in [0.15, 0.2) is 0 Å². The molecule has 0 atom stereocenters. The van der Waals surface area contributed by atoms with Crippen molar-refractivity contribution in [1.82, 2.24) is 4.31 Å². The minimum absolute atomic E-state index is 0.0630. The fourth-order valence-corrected chi connectivity index (χ4v) is 5.68. The van der Waals surface area contributed by atoms with E-state index in [0.717, 1.165) is 36.9 Å². The predicted octanol–water partition coefficient (Wildman–Crippen LogP) is 3.07. The van der Waals surface area contributed by atoms with Crippen molar-refractivity contribution >= 4 is 21.6 Å². The zero-order valence-electron chi connectivity index (χ0n) is 15.9. The molecule has 2 aliphatic heterocycles. The van der Waals surface area contributed by atoms with Gasteiger partial charge in [-0.05, 0) is 55.5 Å². The molecule has 2 aromatic carbocycles. The molecule has 0 radical (unpaired) electrons. The second-order valence-corrected chi connectivity index (χ2v) is 9.07. The number of benzene rings is 2. The van der Waals surface area contributed by atoms with Crippen molar-refractivity contribution < 1.29 is 17.9 Å². The largest absolute Gasteiger partial charge is 0.495 e. The Hall–Kier alpha value is -2.38. The quantitative estimate of drug-likeness (QED) is 0.791. The lowest BCUT2D eigenvalue weighted by atomic mass is 10.0. The summed E-state index contributed by atoms with van der Waals surface area (Å²) in [5.74, 6) is 0.0789. The number of para-hydroxylation sites is 1. The Labute approximate surface area is 165 Å². The predicted molar refractivity (Wildman–Crippen MR) is 107 cm³/mol. The highest BCUT2D eigenvalue weighted by atomic mass is 32.2. The molecule has 0 aromatic heterocycles. The maximum Gasteiger partial charge on any atom is 0.258 e. The Morgan fingerprint density at radius 1 is 1.00 bits per heavy atom. The summed E-state index contributed by atoms with van der Waals surface area (Å²) >= 11 is 0. The van der Waals surface area contributed by atoms with E-state index in [0.29, 0.717) is 25.2 Å². The highest BCUT2D eigenvalue weighted by Gasteiger charge is 2.31. The van der Waals surface area contributed by atoms with Crippen molar-refractivity contribution in [1.29, 1.82) is 0 Å². The number of fused-ring (bicyclic) bond motifs is 1. The van der Waals surface area contributed by atoms with Gasteiger partial charge >= 0.3 is 0 Å². The van der Waals surface area contributed by atoms with Crippen LogP contribution >= 0.6 is 0 Å². The number of amides is 1. The van der Waals surface area contributed by atoms with E-state index in [1.54, 1.807) is 17.0 Å². The van der Waals surface area contributed by atoms with Crippen molar-refractivity contribution in [3.63, 3.8) is 0 Å². The van der Waals surface area contributed by atoms with Crippen LogP contribution in [0.3, 0.4) is 0 Å². The van der Waals surface area contributed by atoms with Gasteiger partial charge in [0.05, 0.1) is 7.11 Å². The molecular formula is C21H24N2O4S. The molecule has 7 heteroatoms. The topological polar surface area (TPSA) is 66.9 Å². The van der Waals surface area contributed by atoms with Crippen LogP contribution in [0.4, 0.5) is 5.69 Å². The molecule has 2 aliphatic rings. The van der Waals surface area contributed by atoms with Crippen LogP contribution in [0.25, 0.3) is 0 Å². The van der Waals surface area contributed by atoms with Gasteiger partial charge in [0.2, 0.25) is 10.0 Å². The zero-order valence-corrected chi connectivity index (χ0v) is 16.7. The molecule has 1 amide bonds. The van der Waals surface area contributed by atoms with Crippen LogP contribution in [0.1, 0.15) is 35.2 Å². The molecule has 0 unspecified atom stereocenters. The van der Waals surface area contributed by atoms with Crippen LogP contribution < -0.4 is 9.64 Å². The molecule has 28 heavy (non-hydrogen) atoms. The van der Waals surface area contributed by atoms with Crippen LogP contribution in [-0.4, -0.2) is 45.4 Å². The number of carbonyl (C=O) groups excluding carboxylic acids is 1. The first-order chi connectivity index (χ1) is 13.5. The molecule has 0 bridgehead atoms. The van der Waals surface area contributed by atoms with Crippen LogP contribution in [0.5, 0.6) is 5.75 Å². The minimum atomic E-state index is -3.69. The average Bonchev–Trinajstić information content (AvgIpc) is 3.28. The summed E-state index contributed by atoms with van der Waals surface area (Å²) in [6.07, 6.45) is 3.53. The molecular weight excluding hydrogens is 376 g/mol. The van der Waals surface area contributed by atoms with Crippen molar-refractivity contribution in [3.05, 3.63) is 53.6 Å². The van der Waals surface area contributed by atoms with E-state index in [1.165, 1.54) is 17.5 Å². The summed E-state index contributed by atoms with van der Waals surface area (Å²) in [5.41, 5.74) is 2.40. The van der Waals surface area contributed by atoms with Gasteiger partial charge < -0.3 is 9.64 Å². The van der Waals surface area contributed by atoms with E-state index >= 15 is 0 Å². The molecule has 2 heterocycles. The zero-order chi connectivity index (χ0) is 19.7. The minimum Gasteiger partial charge on any atom is -0.495 e. The van der Waals surface area contributed by atoms with Gasteiger partial charge in [0.25, 0.3) is 5.91 Å². The standard InChI is InChI=1S/C21H24N2O4S/c1-27-19-11-10-17(15-20(19)28(25,26)22-12-4-5-13-22)21(24)23-14-6-8-16-7-2-3-9-18(16)23/h2-3,7,9-11,15H,4-6,8,12-14H2,1H3. The normalized spacial score (nSPS) is 17.4. The fraction of sp³-hybridized carbons (Fsp3) is 0.381. The number of aryl methyl sites for hydroxylation is 1. The first-order valence-corrected chi connectivity index (χ1v) is 11.0. The summed E-state index contributed by atoms with van der Waals surface area (Å²) in [4.78, 5) is 15.0. The molecule has 0 spiro atoms. The Bertz CT molecular complexity index is 997. The maximum absolute atomic E-state index is 13.2. The molecule has 148 valence electrons. The highest BCUT2D eigenvalue weighted by molar-refractivity contribution is 7.89. The molecule has 2 aromatic rings. The lowest BCUT2D eigenvalue weighted by molar-refractivity contribution is 0.0985. The van der Waals surface area contributed by atoms with Crippen molar-refractivity contribution in [2.75, 3.05) is 31.6 Å². The number of sulfonamides is 1. The number of carbonyl (C=O) groups is 1. The van der Waals surface area contributed by atoms with Gasteiger partial charge in [-0.3, -0.25) is 4.79 Å². The van der Waals surface area contributed by atoms with Crippen LogP contribution in [0.2, 0.25) is 0 Å². The van der Waals surface area contributed by atoms with Gasteiger partial charge in [0.1, 0.15) is 10.6 Å². The van der Waals surface area contributed by atoms with E-state index in [9.17, 15) is 13.2 Å². The lowest BCUT2D eigenvalue weighted by Crippen LogP contribution is -2.35.